The number of aromatic nitrogens is 1. The number of hydrogen-bond acceptors (Lipinski definition) is 3. The predicted octanol–water partition coefficient (Wildman–Crippen LogP) is 3.84. The molecule has 1 aromatic heterocycles. The molecule has 3 rings (SSSR count). The van der Waals surface area contributed by atoms with Crippen LogP contribution in [-0.2, 0) is 16.6 Å². The van der Waals surface area contributed by atoms with E-state index in [0.29, 0.717) is 12.2 Å². The van der Waals surface area contributed by atoms with Crippen LogP contribution in [0.2, 0.25) is 0 Å². The Labute approximate surface area is 155 Å². The molecular formula is C19H21ClN2O2S. The zero-order valence-corrected chi connectivity index (χ0v) is 15.8. The highest BCUT2D eigenvalue weighted by Crippen LogP contribution is 2.30. The van der Waals surface area contributed by atoms with Gasteiger partial charge in [-0.25, -0.2) is 12.4 Å². The molecule has 0 spiro atoms. The molecule has 0 aliphatic carbocycles. The van der Waals surface area contributed by atoms with Gasteiger partial charge in [-0.1, -0.05) is 48.5 Å². The molecule has 132 valence electrons. The molecule has 0 amide bonds. The Morgan fingerprint density at radius 3 is 2.08 bits per heavy atom. The maximum absolute atomic E-state index is 13.2. The van der Waals surface area contributed by atoms with Crippen LogP contribution >= 0.6 is 12.4 Å². The summed E-state index contributed by atoms with van der Waals surface area (Å²) in [5.41, 5.74) is 3.26. The Hall–Kier alpha value is -2.08. The van der Waals surface area contributed by atoms with Gasteiger partial charge in [-0.2, -0.15) is 0 Å². The predicted molar refractivity (Wildman–Crippen MR) is 104 cm³/mol. The first-order chi connectivity index (χ1) is 11.6. The summed E-state index contributed by atoms with van der Waals surface area (Å²) in [6.45, 7) is 2.46. The number of rotatable bonds is 5. The van der Waals surface area contributed by atoms with Gasteiger partial charge in [0.25, 0.3) is 10.0 Å². The van der Waals surface area contributed by atoms with E-state index in [-0.39, 0.29) is 17.3 Å². The van der Waals surface area contributed by atoms with E-state index in [1.165, 1.54) is 3.97 Å². The maximum Gasteiger partial charge on any atom is 0.268 e. The SMILES string of the molecule is CNCc1cc(-c2ccccc2)n(S(=O)(=O)c2ccccc2)c1C.Cl. The van der Waals surface area contributed by atoms with Gasteiger partial charge in [0.2, 0.25) is 0 Å². The van der Waals surface area contributed by atoms with Crippen molar-refractivity contribution in [3.63, 3.8) is 0 Å². The maximum atomic E-state index is 13.2. The summed E-state index contributed by atoms with van der Waals surface area (Å²) >= 11 is 0. The van der Waals surface area contributed by atoms with Crippen LogP contribution in [0.4, 0.5) is 0 Å². The molecule has 0 radical (unpaired) electrons. The Morgan fingerprint density at radius 2 is 1.52 bits per heavy atom. The van der Waals surface area contributed by atoms with Gasteiger partial charge >= 0.3 is 0 Å². The zero-order chi connectivity index (χ0) is 17.2. The van der Waals surface area contributed by atoms with Crippen LogP contribution in [0.25, 0.3) is 11.3 Å². The lowest BCUT2D eigenvalue weighted by atomic mass is 10.1. The van der Waals surface area contributed by atoms with Crippen molar-refractivity contribution in [2.24, 2.45) is 0 Å². The van der Waals surface area contributed by atoms with Crippen molar-refractivity contribution in [3.8, 4) is 11.3 Å². The molecule has 3 aromatic rings. The van der Waals surface area contributed by atoms with Crippen LogP contribution in [-0.4, -0.2) is 19.4 Å². The lowest BCUT2D eigenvalue weighted by Gasteiger charge is -2.13. The Bertz CT molecular complexity index is 936. The van der Waals surface area contributed by atoms with Gasteiger partial charge in [-0.3, -0.25) is 0 Å². The fourth-order valence-corrected chi connectivity index (χ4v) is 4.43. The van der Waals surface area contributed by atoms with E-state index in [1.54, 1.807) is 24.3 Å². The normalized spacial score (nSPS) is 11.1. The van der Waals surface area contributed by atoms with Crippen molar-refractivity contribution >= 4 is 22.4 Å². The van der Waals surface area contributed by atoms with E-state index in [9.17, 15) is 8.42 Å². The molecular weight excluding hydrogens is 356 g/mol. The van der Waals surface area contributed by atoms with Gasteiger partial charge < -0.3 is 5.32 Å². The molecule has 1 heterocycles. The van der Waals surface area contributed by atoms with E-state index in [0.717, 1.165) is 16.8 Å². The van der Waals surface area contributed by atoms with Crippen LogP contribution in [0.5, 0.6) is 0 Å². The highest BCUT2D eigenvalue weighted by Gasteiger charge is 2.24. The topological polar surface area (TPSA) is 51.1 Å². The minimum Gasteiger partial charge on any atom is -0.316 e. The van der Waals surface area contributed by atoms with Crippen molar-refractivity contribution < 1.29 is 8.42 Å². The Morgan fingerprint density at radius 1 is 0.960 bits per heavy atom. The molecule has 0 unspecified atom stereocenters. The van der Waals surface area contributed by atoms with Crippen LogP contribution < -0.4 is 5.32 Å². The van der Waals surface area contributed by atoms with Gasteiger partial charge in [-0.05, 0) is 43.3 Å². The molecule has 0 saturated carbocycles. The minimum absolute atomic E-state index is 0. The average Bonchev–Trinajstić information content (AvgIpc) is 2.94. The van der Waals surface area contributed by atoms with Crippen molar-refractivity contribution in [3.05, 3.63) is 78.0 Å². The quantitative estimate of drug-likeness (QED) is 0.736. The smallest absolute Gasteiger partial charge is 0.268 e. The summed E-state index contributed by atoms with van der Waals surface area (Å²) in [6, 6.07) is 20.1. The molecule has 0 saturated heterocycles. The first-order valence-corrected chi connectivity index (χ1v) is 9.21. The fourth-order valence-electron chi connectivity index (χ4n) is 2.83. The number of benzene rings is 2. The lowest BCUT2D eigenvalue weighted by molar-refractivity contribution is 0.586. The largest absolute Gasteiger partial charge is 0.316 e. The van der Waals surface area contributed by atoms with Gasteiger partial charge in [-0.15, -0.1) is 12.4 Å². The Balaban J connectivity index is 0.00000225. The molecule has 0 atom stereocenters. The second kappa shape index (κ2) is 7.87. The van der Waals surface area contributed by atoms with Crippen LogP contribution in [0.15, 0.2) is 71.6 Å². The number of nitrogens with zero attached hydrogens (tertiary/aromatic N) is 1. The molecule has 0 bridgehead atoms. The minimum atomic E-state index is -3.66. The van der Waals surface area contributed by atoms with Gasteiger partial charge in [0, 0.05) is 12.2 Å². The van der Waals surface area contributed by atoms with E-state index in [1.807, 2.05) is 56.4 Å². The monoisotopic (exact) mass is 376 g/mol. The molecule has 2 aromatic carbocycles. The first-order valence-electron chi connectivity index (χ1n) is 7.77. The molecule has 0 aliphatic rings. The highest BCUT2D eigenvalue weighted by molar-refractivity contribution is 7.90. The molecule has 0 aliphatic heterocycles. The highest BCUT2D eigenvalue weighted by atomic mass is 35.5. The van der Waals surface area contributed by atoms with Crippen molar-refractivity contribution in [2.45, 2.75) is 18.4 Å². The van der Waals surface area contributed by atoms with E-state index in [4.69, 9.17) is 0 Å². The van der Waals surface area contributed by atoms with E-state index < -0.39 is 10.0 Å². The standard InChI is InChI=1S/C19H20N2O2S.ClH/c1-15-17(14-20-2)13-19(16-9-5-3-6-10-16)21(15)24(22,23)18-11-7-4-8-12-18;/h3-13,20H,14H2,1-2H3;1H. The second-order valence-corrected chi connectivity index (χ2v) is 7.41. The van der Waals surface area contributed by atoms with E-state index in [2.05, 4.69) is 5.32 Å². The van der Waals surface area contributed by atoms with Crippen LogP contribution in [0, 0.1) is 6.92 Å². The van der Waals surface area contributed by atoms with Crippen molar-refractivity contribution in [1.29, 1.82) is 0 Å². The number of hydrogen-bond donors (Lipinski definition) is 1. The van der Waals surface area contributed by atoms with Gasteiger partial charge in [0.15, 0.2) is 0 Å². The first kappa shape index (κ1) is 19.2. The summed E-state index contributed by atoms with van der Waals surface area (Å²) in [5, 5.41) is 3.10. The van der Waals surface area contributed by atoms with Crippen molar-refractivity contribution in [2.75, 3.05) is 7.05 Å². The summed E-state index contributed by atoms with van der Waals surface area (Å²) < 4.78 is 27.9. The fraction of sp³-hybridized carbons (Fsp3) is 0.158. The van der Waals surface area contributed by atoms with Crippen LogP contribution in [0.1, 0.15) is 11.3 Å². The molecule has 1 N–H and O–H groups in total. The third-order valence-corrected chi connectivity index (χ3v) is 5.84. The molecule has 0 fully saturated rings. The van der Waals surface area contributed by atoms with Gasteiger partial charge in [0.05, 0.1) is 10.6 Å². The number of halogens is 1. The van der Waals surface area contributed by atoms with E-state index >= 15 is 0 Å². The Kier molecular flexibility index (Phi) is 6.06. The zero-order valence-electron chi connectivity index (χ0n) is 14.1. The summed E-state index contributed by atoms with van der Waals surface area (Å²) in [4.78, 5) is 0.289. The molecule has 25 heavy (non-hydrogen) atoms. The van der Waals surface area contributed by atoms with Gasteiger partial charge in [0.1, 0.15) is 0 Å². The third-order valence-electron chi connectivity index (χ3n) is 4.02. The molecule has 6 heteroatoms. The summed E-state index contributed by atoms with van der Waals surface area (Å²) in [6.07, 6.45) is 0. The second-order valence-electron chi connectivity index (χ2n) is 5.62. The van der Waals surface area contributed by atoms with Crippen molar-refractivity contribution in [1.82, 2.24) is 9.29 Å². The number of nitrogens with one attached hydrogen (secondary N) is 1. The average molecular weight is 377 g/mol. The lowest BCUT2D eigenvalue weighted by Crippen LogP contribution is -2.16. The molecule has 4 nitrogen and oxygen atoms in total. The third kappa shape index (κ3) is 3.63. The summed E-state index contributed by atoms with van der Waals surface area (Å²) in [7, 11) is -1.81. The van der Waals surface area contributed by atoms with Crippen LogP contribution in [0.3, 0.4) is 0 Å². The summed E-state index contributed by atoms with van der Waals surface area (Å²) in [5.74, 6) is 0.